The highest BCUT2D eigenvalue weighted by atomic mass is 16.5. The number of carbonyl (C=O) groups is 2. The van der Waals surface area contributed by atoms with E-state index in [2.05, 4.69) is 10.2 Å². The number of nitrogens with one attached hydrogen (secondary N) is 1. The molecule has 0 aliphatic carbocycles. The lowest BCUT2D eigenvalue weighted by Gasteiger charge is -2.35. The topological polar surface area (TPSA) is 61.9 Å². The molecule has 0 saturated carbocycles. The molecule has 1 aliphatic rings. The summed E-state index contributed by atoms with van der Waals surface area (Å²) in [4.78, 5) is 30.1. The molecular formula is C28H31N3O3. The van der Waals surface area contributed by atoms with Crippen molar-refractivity contribution in [3.8, 4) is 5.75 Å². The number of amides is 2. The fourth-order valence-electron chi connectivity index (χ4n) is 4.10. The number of hydrogen-bond acceptors (Lipinski definition) is 4. The van der Waals surface area contributed by atoms with Gasteiger partial charge in [-0.25, -0.2) is 0 Å². The van der Waals surface area contributed by atoms with Crippen molar-refractivity contribution in [1.82, 2.24) is 15.1 Å². The van der Waals surface area contributed by atoms with Gasteiger partial charge in [0.05, 0.1) is 12.5 Å². The minimum atomic E-state index is -0.376. The molecule has 0 aromatic heterocycles. The summed E-state index contributed by atoms with van der Waals surface area (Å²) >= 11 is 0. The summed E-state index contributed by atoms with van der Waals surface area (Å²) in [5, 5.41) is 3.06. The van der Waals surface area contributed by atoms with Crippen LogP contribution in [0.5, 0.6) is 5.75 Å². The van der Waals surface area contributed by atoms with Crippen LogP contribution in [0.15, 0.2) is 91.0 Å². The van der Waals surface area contributed by atoms with E-state index in [-0.39, 0.29) is 24.3 Å². The van der Waals surface area contributed by atoms with Crippen LogP contribution in [0, 0.1) is 0 Å². The standard InChI is InChI=1S/C28H31N3O3/c32-27(31-18-16-30(17-19-31)20-21-34-25-14-8-3-9-15-25)22-26(23-10-4-1-5-11-23)29-28(33)24-12-6-2-7-13-24/h1-15,26H,16-22H2,(H,29,33). The average molecular weight is 458 g/mol. The number of carbonyl (C=O) groups excluding carboxylic acids is 2. The maximum Gasteiger partial charge on any atom is 0.251 e. The Hall–Kier alpha value is -3.64. The molecule has 1 aliphatic heterocycles. The van der Waals surface area contributed by atoms with Gasteiger partial charge >= 0.3 is 0 Å². The molecule has 3 aromatic carbocycles. The molecule has 34 heavy (non-hydrogen) atoms. The van der Waals surface area contributed by atoms with Crippen molar-refractivity contribution in [3.05, 3.63) is 102 Å². The zero-order valence-electron chi connectivity index (χ0n) is 19.3. The number of benzene rings is 3. The summed E-state index contributed by atoms with van der Waals surface area (Å²) < 4.78 is 5.80. The molecule has 0 spiro atoms. The highest BCUT2D eigenvalue weighted by Gasteiger charge is 2.25. The van der Waals surface area contributed by atoms with Gasteiger partial charge in [-0.05, 0) is 29.8 Å². The Morgan fingerprint density at radius 2 is 1.38 bits per heavy atom. The number of piperazine rings is 1. The third-order valence-electron chi connectivity index (χ3n) is 6.07. The van der Waals surface area contributed by atoms with Crippen molar-refractivity contribution in [1.29, 1.82) is 0 Å². The van der Waals surface area contributed by atoms with Gasteiger partial charge in [-0.2, -0.15) is 0 Å². The average Bonchev–Trinajstić information content (AvgIpc) is 2.90. The third-order valence-corrected chi connectivity index (χ3v) is 6.07. The smallest absolute Gasteiger partial charge is 0.251 e. The van der Waals surface area contributed by atoms with Crippen LogP contribution in [-0.4, -0.2) is 60.9 Å². The molecule has 6 heteroatoms. The molecule has 1 unspecified atom stereocenters. The van der Waals surface area contributed by atoms with E-state index in [9.17, 15) is 9.59 Å². The molecule has 4 rings (SSSR count). The Morgan fingerprint density at radius 3 is 2.03 bits per heavy atom. The molecular weight excluding hydrogens is 426 g/mol. The predicted molar refractivity (Wildman–Crippen MR) is 133 cm³/mol. The second kappa shape index (κ2) is 12.0. The lowest BCUT2D eigenvalue weighted by molar-refractivity contribution is -0.133. The van der Waals surface area contributed by atoms with Crippen LogP contribution < -0.4 is 10.1 Å². The van der Waals surface area contributed by atoms with E-state index < -0.39 is 0 Å². The third kappa shape index (κ3) is 6.68. The summed E-state index contributed by atoms with van der Waals surface area (Å²) in [5.74, 6) is 0.758. The quantitative estimate of drug-likeness (QED) is 0.531. The van der Waals surface area contributed by atoms with Gasteiger partial charge in [0.2, 0.25) is 5.91 Å². The molecule has 1 fully saturated rings. The van der Waals surface area contributed by atoms with E-state index in [0.717, 1.165) is 30.9 Å². The first-order valence-corrected chi connectivity index (χ1v) is 11.8. The zero-order valence-corrected chi connectivity index (χ0v) is 19.3. The minimum Gasteiger partial charge on any atom is -0.492 e. The van der Waals surface area contributed by atoms with Crippen LogP contribution in [0.1, 0.15) is 28.4 Å². The van der Waals surface area contributed by atoms with Gasteiger partial charge in [-0.15, -0.1) is 0 Å². The highest BCUT2D eigenvalue weighted by Crippen LogP contribution is 2.19. The zero-order chi connectivity index (χ0) is 23.6. The maximum atomic E-state index is 13.1. The summed E-state index contributed by atoms with van der Waals surface area (Å²) in [6, 6.07) is 28.2. The Labute approximate surface area is 201 Å². The normalized spacial score (nSPS) is 14.9. The van der Waals surface area contributed by atoms with E-state index in [1.54, 1.807) is 12.1 Å². The minimum absolute atomic E-state index is 0.0578. The molecule has 1 saturated heterocycles. The largest absolute Gasteiger partial charge is 0.492 e. The second-order valence-corrected chi connectivity index (χ2v) is 8.39. The summed E-state index contributed by atoms with van der Waals surface area (Å²) in [5.41, 5.74) is 1.51. The molecule has 6 nitrogen and oxygen atoms in total. The van der Waals surface area contributed by atoms with E-state index in [1.165, 1.54) is 0 Å². The van der Waals surface area contributed by atoms with E-state index in [1.807, 2.05) is 83.8 Å². The van der Waals surface area contributed by atoms with Crippen LogP contribution in [0.25, 0.3) is 0 Å². The van der Waals surface area contributed by atoms with Crippen molar-refractivity contribution in [3.63, 3.8) is 0 Å². The maximum absolute atomic E-state index is 13.1. The number of para-hydroxylation sites is 1. The van der Waals surface area contributed by atoms with Crippen LogP contribution in [0.4, 0.5) is 0 Å². The predicted octanol–water partition coefficient (Wildman–Crippen LogP) is 3.77. The van der Waals surface area contributed by atoms with Crippen molar-refractivity contribution in [2.75, 3.05) is 39.3 Å². The molecule has 1 heterocycles. The molecule has 2 amide bonds. The summed E-state index contributed by atoms with van der Waals surface area (Å²) in [6.45, 7) is 4.44. The number of nitrogens with zero attached hydrogens (tertiary/aromatic N) is 2. The first-order chi connectivity index (χ1) is 16.7. The Balaban J connectivity index is 1.29. The summed E-state index contributed by atoms with van der Waals surface area (Å²) in [6.07, 6.45) is 0.236. The van der Waals surface area contributed by atoms with Crippen LogP contribution in [0.2, 0.25) is 0 Å². The Bertz CT molecular complexity index is 1040. The molecule has 3 aromatic rings. The fraction of sp³-hybridized carbons (Fsp3) is 0.286. The van der Waals surface area contributed by atoms with Gasteiger partial charge in [0.1, 0.15) is 12.4 Å². The molecule has 1 atom stereocenters. The van der Waals surface area contributed by atoms with Gasteiger partial charge in [0.15, 0.2) is 0 Å². The van der Waals surface area contributed by atoms with Gasteiger partial charge in [-0.3, -0.25) is 14.5 Å². The molecule has 1 N–H and O–H groups in total. The molecule has 0 bridgehead atoms. The fourth-order valence-corrected chi connectivity index (χ4v) is 4.10. The number of hydrogen-bond donors (Lipinski definition) is 1. The second-order valence-electron chi connectivity index (χ2n) is 8.39. The van der Waals surface area contributed by atoms with E-state index in [4.69, 9.17) is 4.74 Å². The SMILES string of the molecule is O=C(NC(CC(=O)N1CCN(CCOc2ccccc2)CC1)c1ccccc1)c1ccccc1. The Kier molecular flexibility index (Phi) is 8.30. The monoisotopic (exact) mass is 457 g/mol. The number of rotatable bonds is 9. The Morgan fingerprint density at radius 1 is 0.794 bits per heavy atom. The highest BCUT2D eigenvalue weighted by molar-refractivity contribution is 5.94. The van der Waals surface area contributed by atoms with Crippen LogP contribution in [-0.2, 0) is 4.79 Å². The van der Waals surface area contributed by atoms with Gasteiger partial charge in [0.25, 0.3) is 5.91 Å². The van der Waals surface area contributed by atoms with Crippen molar-refractivity contribution < 1.29 is 14.3 Å². The van der Waals surface area contributed by atoms with E-state index >= 15 is 0 Å². The van der Waals surface area contributed by atoms with Crippen molar-refractivity contribution in [2.24, 2.45) is 0 Å². The molecule has 0 radical (unpaired) electrons. The van der Waals surface area contributed by atoms with Crippen molar-refractivity contribution >= 4 is 11.8 Å². The first kappa shape index (κ1) is 23.5. The molecule has 176 valence electrons. The van der Waals surface area contributed by atoms with Gasteiger partial charge < -0.3 is 15.0 Å². The van der Waals surface area contributed by atoms with E-state index in [0.29, 0.717) is 25.3 Å². The number of ether oxygens (including phenoxy) is 1. The first-order valence-electron chi connectivity index (χ1n) is 11.8. The van der Waals surface area contributed by atoms with Crippen LogP contribution in [0.3, 0.4) is 0 Å². The van der Waals surface area contributed by atoms with Crippen LogP contribution >= 0.6 is 0 Å². The van der Waals surface area contributed by atoms with Gasteiger partial charge in [0, 0.05) is 38.3 Å². The lowest BCUT2D eigenvalue weighted by atomic mass is 10.0. The summed E-state index contributed by atoms with van der Waals surface area (Å²) in [7, 11) is 0. The lowest BCUT2D eigenvalue weighted by Crippen LogP contribution is -2.50. The van der Waals surface area contributed by atoms with Crippen molar-refractivity contribution in [2.45, 2.75) is 12.5 Å². The van der Waals surface area contributed by atoms with Gasteiger partial charge in [-0.1, -0.05) is 66.7 Å².